The molecule has 0 bridgehead atoms. The van der Waals surface area contributed by atoms with Crippen LogP contribution in [0.1, 0.15) is 38.3 Å². The molecule has 0 radical (unpaired) electrons. The molecule has 0 aromatic carbocycles. The maximum absolute atomic E-state index is 3.61. The van der Waals surface area contributed by atoms with Gasteiger partial charge in [-0.05, 0) is 60.5 Å². The van der Waals surface area contributed by atoms with Gasteiger partial charge in [0.1, 0.15) is 0 Å². The first kappa shape index (κ1) is 10.2. The van der Waals surface area contributed by atoms with E-state index in [9.17, 15) is 0 Å². The van der Waals surface area contributed by atoms with Crippen molar-refractivity contribution < 1.29 is 0 Å². The molecule has 2 heteroatoms. The SMILES string of the molecule is CC(NCC(C)C1CC1)c1ccsc1. The second-order valence-corrected chi connectivity index (χ2v) is 5.28. The van der Waals surface area contributed by atoms with Crippen LogP contribution in [0.5, 0.6) is 0 Å². The molecule has 1 aromatic heterocycles. The van der Waals surface area contributed by atoms with Crippen LogP contribution in [0.25, 0.3) is 0 Å². The second kappa shape index (κ2) is 4.45. The van der Waals surface area contributed by atoms with E-state index in [0.29, 0.717) is 6.04 Å². The fraction of sp³-hybridized carbons (Fsp3) is 0.667. The Hall–Kier alpha value is -0.340. The first-order valence-corrected chi connectivity index (χ1v) is 6.47. The van der Waals surface area contributed by atoms with E-state index in [1.165, 1.54) is 24.9 Å². The smallest absolute Gasteiger partial charge is 0.0300 e. The molecule has 1 heterocycles. The molecule has 0 aliphatic heterocycles. The van der Waals surface area contributed by atoms with Crippen molar-refractivity contribution in [1.82, 2.24) is 5.32 Å². The van der Waals surface area contributed by atoms with Crippen LogP contribution in [0.2, 0.25) is 0 Å². The van der Waals surface area contributed by atoms with Crippen molar-refractivity contribution in [2.75, 3.05) is 6.54 Å². The van der Waals surface area contributed by atoms with Crippen LogP contribution in [0.3, 0.4) is 0 Å². The normalized spacial score (nSPS) is 20.7. The molecular formula is C12H19NS. The Morgan fingerprint density at radius 3 is 2.86 bits per heavy atom. The monoisotopic (exact) mass is 209 g/mol. The van der Waals surface area contributed by atoms with E-state index >= 15 is 0 Å². The van der Waals surface area contributed by atoms with Gasteiger partial charge in [0.15, 0.2) is 0 Å². The standard InChI is InChI=1S/C12H19NS/c1-9(11-3-4-11)7-13-10(2)12-5-6-14-8-12/h5-6,8-11,13H,3-4,7H2,1-2H3. The van der Waals surface area contributed by atoms with Gasteiger partial charge >= 0.3 is 0 Å². The summed E-state index contributed by atoms with van der Waals surface area (Å²) in [4.78, 5) is 0. The predicted molar refractivity (Wildman–Crippen MR) is 62.6 cm³/mol. The molecule has 1 saturated carbocycles. The van der Waals surface area contributed by atoms with E-state index in [1.54, 1.807) is 11.3 Å². The minimum Gasteiger partial charge on any atom is -0.310 e. The quantitative estimate of drug-likeness (QED) is 0.783. The van der Waals surface area contributed by atoms with Gasteiger partial charge in [-0.3, -0.25) is 0 Å². The summed E-state index contributed by atoms with van der Waals surface area (Å²) in [6.45, 7) is 5.79. The van der Waals surface area contributed by atoms with Crippen molar-refractivity contribution in [3.8, 4) is 0 Å². The zero-order valence-electron chi connectivity index (χ0n) is 8.99. The Bertz CT molecular complexity index is 264. The molecule has 0 spiro atoms. The Labute approximate surface area is 90.5 Å². The highest BCUT2D eigenvalue weighted by Gasteiger charge is 2.27. The lowest BCUT2D eigenvalue weighted by molar-refractivity contribution is 0.432. The summed E-state index contributed by atoms with van der Waals surface area (Å²) >= 11 is 1.78. The van der Waals surface area contributed by atoms with Crippen LogP contribution in [0.4, 0.5) is 0 Å². The van der Waals surface area contributed by atoms with E-state index in [1.807, 2.05) is 0 Å². The highest BCUT2D eigenvalue weighted by atomic mass is 32.1. The summed E-state index contributed by atoms with van der Waals surface area (Å²) in [6.07, 6.45) is 2.91. The van der Waals surface area contributed by atoms with E-state index in [-0.39, 0.29) is 0 Å². The molecule has 2 atom stereocenters. The number of thiophene rings is 1. The average molecular weight is 209 g/mol. The van der Waals surface area contributed by atoms with E-state index in [2.05, 4.69) is 36.0 Å². The molecule has 14 heavy (non-hydrogen) atoms. The number of hydrogen-bond acceptors (Lipinski definition) is 2. The van der Waals surface area contributed by atoms with Gasteiger partial charge in [0.05, 0.1) is 0 Å². The number of nitrogens with one attached hydrogen (secondary N) is 1. The van der Waals surface area contributed by atoms with E-state index in [0.717, 1.165) is 11.8 Å². The molecule has 1 nitrogen and oxygen atoms in total. The van der Waals surface area contributed by atoms with Crippen molar-refractivity contribution in [1.29, 1.82) is 0 Å². The van der Waals surface area contributed by atoms with Crippen molar-refractivity contribution >= 4 is 11.3 Å². The lowest BCUT2D eigenvalue weighted by Gasteiger charge is -2.16. The third-order valence-corrected chi connectivity index (χ3v) is 3.92. The van der Waals surface area contributed by atoms with Crippen LogP contribution < -0.4 is 5.32 Å². The van der Waals surface area contributed by atoms with Crippen LogP contribution in [0, 0.1) is 11.8 Å². The molecule has 2 unspecified atom stereocenters. The van der Waals surface area contributed by atoms with Gasteiger partial charge in [0, 0.05) is 6.04 Å². The minimum absolute atomic E-state index is 0.516. The van der Waals surface area contributed by atoms with Gasteiger partial charge in [0.25, 0.3) is 0 Å². The third kappa shape index (κ3) is 2.58. The third-order valence-electron chi connectivity index (χ3n) is 3.22. The lowest BCUT2D eigenvalue weighted by Crippen LogP contribution is -2.25. The van der Waals surface area contributed by atoms with Gasteiger partial charge in [0.2, 0.25) is 0 Å². The maximum atomic E-state index is 3.61. The van der Waals surface area contributed by atoms with Gasteiger partial charge in [-0.15, -0.1) is 0 Å². The van der Waals surface area contributed by atoms with Gasteiger partial charge in [-0.1, -0.05) is 6.92 Å². The zero-order valence-corrected chi connectivity index (χ0v) is 9.81. The molecule has 1 N–H and O–H groups in total. The largest absolute Gasteiger partial charge is 0.310 e. The van der Waals surface area contributed by atoms with Gasteiger partial charge in [-0.25, -0.2) is 0 Å². The topological polar surface area (TPSA) is 12.0 Å². The molecule has 0 saturated heterocycles. The van der Waals surface area contributed by atoms with Crippen molar-refractivity contribution in [3.05, 3.63) is 22.4 Å². The Morgan fingerprint density at radius 2 is 2.29 bits per heavy atom. The van der Waals surface area contributed by atoms with Gasteiger partial charge < -0.3 is 5.32 Å². The van der Waals surface area contributed by atoms with Crippen LogP contribution in [-0.2, 0) is 0 Å². The number of hydrogen-bond donors (Lipinski definition) is 1. The maximum Gasteiger partial charge on any atom is 0.0300 e. The summed E-state index contributed by atoms with van der Waals surface area (Å²) < 4.78 is 0. The zero-order chi connectivity index (χ0) is 9.97. The molecule has 78 valence electrons. The molecular weight excluding hydrogens is 190 g/mol. The van der Waals surface area contributed by atoms with Crippen molar-refractivity contribution in [2.24, 2.45) is 11.8 Å². The van der Waals surface area contributed by atoms with Crippen LogP contribution in [0.15, 0.2) is 16.8 Å². The first-order valence-electron chi connectivity index (χ1n) is 5.53. The molecule has 1 aliphatic rings. The fourth-order valence-corrected chi connectivity index (χ4v) is 2.59. The highest BCUT2D eigenvalue weighted by Crippen LogP contribution is 2.36. The first-order chi connectivity index (χ1) is 6.77. The van der Waals surface area contributed by atoms with Crippen LogP contribution >= 0.6 is 11.3 Å². The van der Waals surface area contributed by atoms with Crippen molar-refractivity contribution in [2.45, 2.75) is 32.7 Å². The van der Waals surface area contributed by atoms with E-state index in [4.69, 9.17) is 0 Å². The summed E-state index contributed by atoms with van der Waals surface area (Å²) in [5.74, 6) is 1.87. The summed E-state index contributed by atoms with van der Waals surface area (Å²) in [7, 11) is 0. The predicted octanol–water partition coefficient (Wildman–Crippen LogP) is 3.44. The summed E-state index contributed by atoms with van der Waals surface area (Å²) in [5.41, 5.74) is 1.43. The lowest BCUT2D eigenvalue weighted by atomic mass is 10.1. The van der Waals surface area contributed by atoms with E-state index < -0.39 is 0 Å². The minimum atomic E-state index is 0.516. The molecule has 0 amide bonds. The Kier molecular flexibility index (Phi) is 3.24. The highest BCUT2D eigenvalue weighted by molar-refractivity contribution is 7.07. The number of rotatable bonds is 5. The summed E-state index contributed by atoms with van der Waals surface area (Å²) in [6, 6.07) is 2.73. The fourth-order valence-electron chi connectivity index (χ4n) is 1.83. The molecule has 2 rings (SSSR count). The average Bonchev–Trinajstić information content (AvgIpc) is 2.90. The van der Waals surface area contributed by atoms with Crippen molar-refractivity contribution in [3.63, 3.8) is 0 Å². The molecule has 1 aliphatic carbocycles. The Balaban J connectivity index is 1.74. The molecule has 1 fully saturated rings. The van der Waals surface area contributed by atoms with Crippen LogP contribution in [-0.4, -0.2) is 6.54 Å². The summed E-state index contributed by atoms with van der Waals surface area (Å²) in [5, 5.41) is 8.00. The molecule has 1 aromatic rings. The Morgan fingerprint density at radius 1 is 1.50 bits per heavy atom. The second-order valence-electron chi connectivity index (χ2n) is 4.50. The van der Waals surface area contributed by atoms with Gasteiger partial charge in [-0.2, -0.15) is 11.3 Å².